The molecule has 1 atom stereocenters. The number of rotatable bonds is 10. The summed E-state index contributed by atoms with van der Waals surface area (Å²) in [6, 6.07) is 3.30. The van der Waals surface area contributed by atoms with Crippen LogP contribution in [-0.4, -0.2) is 28.8 Å². The normalized spacial score (nSPS) is 12.9. The lowest BCUT2D eigenvalue weighted by Gasteiger charge is -2.09. The SMILES string of the molecule is C/C=C/C(C/C=C/C=N\Nc1ccc([N+](=O)[O-])cc1[N+](=O)[O-])OCC. The fraction of sp³-hybridized carbons (Fsp3) is 0.312. The lowest BCUT2D eigenvalue weighted by atomic mass is 10.2. The van der Waals surface area contributed by atoms with E-state index in [4.69, 9.17) is 4.74 Å². The minimum absolute atomic E-state index is 0.0108. The summed E-state index contributed by atoms with van der Waals surface area (Å²) in [5.74, 6) is 0. The molecule has 1 aromatic carbocycles. The van der Waals surface area contributed by atoms with Crippen molar-refractivity contribution in [2.45, 2.75) is 26.4 Å². The van der Waals surface area contributed by atoms with E-state index < -0.39 is 15.5 Å². The Labute approximate surface area is 145 Å². The Morgan fingerprint density at radius 2 is 2.08 bits per heavy atom. The van der Waals surface area contributed by atoms with Gasteiger partial charge in [0.1, 0.15) is 5.69 Å². The van der Waals surface area contributed by atoms with Crippen molar-refractivity contribution in [3.05, 3.63) is 62.7 Å². The van der Waals surface area contributed by atoms with Crippen LogP contribution < -0.4 is 5.43 Å². The summed E-state index contributed by atoms with van der Waals surface area (Å²) in [5, 5.41) is 25.5. The molecule has 134 valence electrons. The van der Waals surface area contributed by atoms with E-state index in [2.05, 4.69) is 10.5 Å². The van der Waals surface area contributed by atoms with Gasteiger partial charge in [-0.15, -0.1) is 0 Å². The van der Waals surface area contributed by atoms with Crippen LogP contribution in [0.4, 0.5) is 17.1 Å². The number of ether oxygens (including phenoxy) is 1. The fourth-order valence-corrected chi connectivity index (χ4v) is 1.93. The van der Waals surface area contributed by atoms with Crippen LogP contribution in [0, 0.1) is 20.2 Å². The summed E-state index contributed by atoms with van der Waals surface area (Å²) in [7, 11) is 0. The zero-order chi connectivity index (χ0) is 18.7. The second-order valence-corrected chi connectivity index (χ2v) is 4.79. The highest BCUT2D eigenvalue weighted by Gasteiger charge is 2.18. The van der Waals surface area contributed by atoms with Gasteiger partial charge in [-0.05, 0) is 32.4 Å². The van der Waals surface area contributed by atoms with Gasteiger partial charge >= 0.3 is 5.69 Å². The number of nitrogens with one attached hydrogen (secondary N) is 1. The van der Waals surface area contributed by atoms with Crippen molar-refractivity contribution in [3.63, 3.8) is 0 Å². The van der Waals surface area contributed by atoms with Gasteiger partial charge in [0.05, 0.1) is 22.0 Å². The molecule has 0 amide bonds. The Morgan fingerprint density at radius 3 is 2.68 bits per heavy atom. The molecule has 0 spiro atoms. The number of non-ortho nitro benzene ring substituents is 1. The molecule has 9 nitrogen and oxygen atoms in total. The Bertz CT molecular complexity index is 685. The van der Waals surface area contributed by atoms with Gasteiger partial charge in [0, 0.05) is 18.9 Å². The molecule has 1 unspecified atom stereocenters. The van der Waals surface area contributed by atoms with Crippen molar-refractivity contribution in [1.29, 1.82) is 0 Å². The Balaban J connectivity index is 2.68. The molecule has 0 bridgehead atoms. The van der Waals surface area contributed by atoms with Gasteiger partial charge in [0.2, 0.25) is 0 Å². The number of anilines is 1. The molecule has 0 fully saturated rings. The summed E-state index contributed by atoms with van der Waals surface area (Å²) in [5.41, 5.74) is 1.81. The predicted octanol–water partition coefficient (Wildman–Crippen LogP) is 3.83. The summed E-state index contributed by atoms with van der Waals surface area (Å²) < 4.78 is 5.50. The molecule has 0 saturated carbocycles. The van der Waals surface area contributed by atoms with Crippen LogP contribution in [0.3, 0.4) is 0 Å². The highest BCUT2D eigenvalue weighted by molar-refractivity contribution is 5.73. The van der Waals surface area contributed by atoms with E-state index in [-0.39, 0.29) is 17.5 Å². The van der Waals surface area contributed by atoms with E-state index in [0.29, 0.717) is 13.0 Å². The molecule has 0 saturated heterocycles. The Morgan fingerprint density at radius 1 is 1.32 bits per heavy atom. The monoisotopic (exact) mass is 348 g/mol. The maximum atomic E-state index is 11.0. The van der Waals surface area contributed by atoms with Crippen LogP contribution in [0.1, 0.15) is 20.3 Å². The second-order valence-electron chi connectivity index (χ2n) is 4.79. The minimum Gasteiger partial charge on any atom is -0.374 e. The zero-order valence-electron chi connectivity index (χ0n) is 14.0. The maximum Gasteiger partial charge on any atom is 0.301 e. The van der Waals surface area contributed by atoms with Crippen LogP contribution in [0.5, 0.6) is 0 Å². The van der Waals surface area contributed by atoms with Crippen LogP contribution in [0.15, 0.2) is 47.6 Å². The largest absolute Gasteiger partial charge is 0.374 e. The van der Waals surface area contributed by atoms with E-state index in [1.807, 2.05) is 32.1 Å². The number of hydrogen-bond donors (Lipinski definition) is 1. The molecule has 0 heterocycles. The topological polar surface area (TPSA) is 120 Å². The lowest BCUT2D eigenvalue weighted by molar-refractivity contribution is -0.393. The number of nitro groups is 2. The van der Waals surface area contributed by atoms with Crippen molar-refractivity contribution in [3.8, 4) is 0 Å². The average molecular weight is 348 g/mol. The number of nitrogens with zero attached hydrogens (tertiary/aromatic N) is 3. The molecule has 9 heteroatoms. The summed E-state index contributed by atoms with van der Waals surface area (Å²) in [4.78, 5) is 20.3. The Kier molecular flexibility index (Phi) is 8.52. The smallest absolute Gasteiger partial charge is 0.301 e. The molecule has 0 aliphatic carbocycles. The van der Waals surface area contributed by atoms with Gasteiger partial charge in [-0.25, -0.2) is 0 Å². The lowest BCUT2D eigenvalue weighted by Crippen LogP contribution is -2.07. The third-order valence-electron chi connectivity index (χ3n) is 3.03. The molecule has 0 aromatic heterocycles. The van der Waals surface area contributed by atoms with Gasteiger partial charge in [0.25, 0.3) is 5.69 Å². The molecule has 1 aromatic rings. The number of benzene rings is 1. The molecule has 1 N–H and O–H groups in total. The summed E-state index contributed by atoms with van der Waals surface area (Å²) in [6.45, 7) is 4.45. The highest BCUT2D eigenvalue weighted by Crippen LogP contribution is 2.28. The first-order valence-corrected chi connectivity index (χ1v) is 7.61. The van der Waals surface area contributed by atoms with E-state index in [1.165, 1.54) is 18.3 Å². The third kappa shape index (κ3) is 6.92. The van der Waals surface area contributed by atoms with Crippen LogP contribution in [-0.2, 0) is 4.74 Å². The van der Waals surface area contributed by atoms with Crippen molar-refractivity contribution in [2.75, 3.05) is 12.0 Å². The van der Waals surface area contributed by atoms with E-state index in [9.17, 15) is 20.2 Å². The fourth-order valence-electron chi connectivity index (χ4n) is 1.93. The molecule has 0 radical (unpaired) electrons. The number of hydrazone groups is 1. The van der Waals surface area contributed by atoms with Crippen molar-refractivity contribution in [1.82, 2.24) is 0 Å². The van der Waals surface area contributed by atoms with Gasteiger partial charge in [-0.1, -0.05) is 18.2 Å². The molecular formula is C16H20N4O5. The Hall–Kier alpha value is -3.07. The second kappa shape index (κ2) is 10.7. The van der Waals surface area contributed by atoms with Crippen LogP contribution in [0.2, 0.25) is 0 Å². The number of hydrogen-bond acceptors (Lipinski definition) is 7. The zero-order valence-corrected chi connectivity index (χ0v) is 14.0. The molecular weight excluding hydrogens is 328 g/mol. The maximum absolute atomic E-state index is 11.0. The first-order valence-electron chi connectivity index (χ1n) is 7.61. The first-order chi connectivity index (χ1) is 12.0. The van der Waals surface area contributed by atoms with Gasteiger partial charge < -0.3 is 4.74 Å². The van der Waals surface area contributed by atoms with E-state index in [1.54, 1.807) is 6.08 Å². The van der Waals surface area contributed by atoms with Gasteiger partial charge in [0.15, 0.2) is 0 Å². The minimum atomic E-state index is -0.704. The molecule has 0 aliphatic heterocycles. The van der Waals surface area contributed by atoms with E-state index in [0.717, 1.165) is 6.07 Å². The first kappa shape index (κ1) is 20.0. The highest BCUT2D eigenvalue weighted by atomic mass is 16.6. The summed E-state index contributed by atoms with van der Waals surface area (Å²) in [6.07, 6.45) is 9.49. The van der Waals surface area contributed by atoms with Crippen LogP contribution in [0.25, 0.3) is 0 Å². The average Bonchev–Trinajstić information content (AvgIpc) is 2.58. The predicted molar refractivity (Wildman–Crippen MR) is 95.9 cm³/mol. The van der Waals surface area contributed by atoms with Gasteiger partial charge in [-0.3, -0.25) is 25.7 Å². The van der Waals surface area contributed by atoms with Crippen molar-refractivity contribution >= 4 is 23.3 Å². The molecule has 1 rings (SSSR count). The summed E-state index contributed by atoms with van der Waals surface area (Å²) >= 11 is 0. The van der Waals surface area contributed by atoms with Crippen molar-refractivity contribution in [2.24, 2.45) is 5.10 Å². The van der Waals surface area contributed by atoms with Crippen LogP contribution >= 0.6 is 0 Å². The molecule has 0 aliphatic rings. The standard InChI is InChI=1S/C16H20N4O5/c1-3-7-14(25-4-2)8-5-6-11-17-18-15-10-9-13(19(21)22)12-16(15)20(23)24/h3,5-7,9-12,14,18H,4,8H2,1-2H3/b6-5+,7-3+,17-11-. The third-order valence-corrected chi connectivity index (χ3v) is 3.03. The van der Waals surface area contributed by atoms with Gasteiger partial charge in [-0.2, -0.15) is 5.10 Å². The van der Waals surface area contributed by atoms with Crippen molar-refractivity contribution < 1.29 is 14.6 Å². The number of nitro benzene ring substituents is 2. The quantitative estimate of drug-likeness (QED) is 0.297. The van der Waals surface area contributed by atoms with E-state index >= 15 is 0 Å². The molecule has 25 heavy (non-hydrogen) atoms. The number of allylic oxidation sites excluding steroid dienone is 2.